The molecule has 1 aliphatic heterocycles. The molecule has 0 spiro atoms. The van der Waals surface area contributed by atoms with Crippen LogP contribution in [0.1, 0.15) is 19.8 Å². The molecule has 1 heterocycles. The number of aliphatic hydroxyl groups excluding tert-OH is 1. The number of carbonyl (C=O) groups is 1. The maximum absolute atomic E-state index is 10.7. The minimum absolute atomic E-state index is 0.0163. The van der Waals surface area contributed by atoms with Gasteiger partial charge in [-0.15, -0.1) is 0 Å². The van der Waals surface area contributed by atoms with Gasteiger partial charge in [-0.2, -0.15) is 0 Å². The average molecular weight is 172 g/mol. The predicted octanol–water partition coefficient (Wildman–Crippen LogP) is -0.258. The number of nitrogens with one attached hydrogen (secondary N) is 1. The van der Waals surface area contributed by atoms with E-state index in [1.165, 1.54) is 6.92 Å². The molecule has 0 unspecified atom stereocenters. The average Bonchev–Trinajstić information content (AvgIpc) is 2.05. The van der Waals surface area contributed by atoms with Crippen molar-refractivity contribution in [1.82, 2.24) is 10.4 Å². The molecule has 0 saturated carbocycles. The Bertz CT molecular complexity index is 153. The van der Waals surface area contributed by atoms with E-state index in [1.807, 2.05) is 5.01 Å². The molecule has 0 atom stereocenters. The molecule has 0 radical (unpaired) electrons. The van der Waals surface area contributed by atoms with E-state index in [1.54, 1.807) is 0 Å². The number of nitrogens with zero attached hydrogens (tertiary/aromatic N) is 1. The number of amides is 1. The molecule has 1 amide bonds. The monoisotopic (exact) mass is 172 g/mol. The van der Waals surface area contributed by atoms with E-state index in [2.05, 4.69) is 5.43 Å². The first-order chi connectivity index (χ1) is 5.72. The molecule has 4 nitrogen and oxygen atoms in total. The summed E-state index contributed by atoms with van der Waals surface area (Å²) in [6, 6.07) is 0. The van der Waals surface area contributed by atoms with Crippen LogP contribution in [0.3, 0.4) is 0 Å². The molecule has 0 aromatic heterocycles. The third-order valence-electron chi connectivity index (χ3n) is 2.19. The molecule has 70 valence electrons. The quantitative estimate of drug-likeness (QED) is 0.603. The van der Waals surface area contributed by atoms with Crippen molar-refractivity contribution in [2.45, 2.75) is 19.8 Å². The van der Waals surface area contributed by atoms with Gasteiger partial charge in [-0.1, -0.05) is 0 Å². The lowest BCUT2D eigenvalue weighted by molar-refractivity contribution is -0.124. The summed E-state index contributed by atoms with van der Waals surface area (Å²) in [5.41, 5.74) is 2.74. The number of hydrogen-bond donors (Lipinski definition) is 2. The highest BCUT2D eigenvalue weighted by atomic mass is 16.3. The molecule has 1 fully saturated rings. The number of piperidine rings is 1. The van der Waals surface area contributed by atoms with Gasteiger partial charge >= 0.3 is 0 Å². The van der Waals surface area contributed by atoms with Gasteiger partial charge in [0.05, 0.1) is 0 Å². The highest BCUT2D eigenvalue weighted by Gasteiger charge is 2.18. The van der Waals surface area contributed by atoms with Crippen LogP contribution in [0.15, 0.2) is 0 Å². The second kappa shape index (κ2) is 4.42. The molecule has 4 heteroatoms. The summed E-state index contributed by atoms with van der Waals surface area (Å²) in [6.45, 7) is 3.49. The summed E-state index contributed by atoms with van der Waals surface area (Å²) in [6.07, 6.45) is 1.94. The fourth-order valence-corrected chi connectivity index (χ4v) is 1.45. The topological polar surface area (TPSA) is 52.6 Å². The Kier molecular flexibility index (Phi) is 3.49. The summed E-state index contributed by atoms with van der Waals surface area (Å²) >= 11 is 0. The van der Waals surface area contributed by atoms with Gasteiger partial charge in [-0.05, 0) is 18.8 Å². The van der Waals surface area contributed by atoms with Gasteiger partial charge in [0.2, 0.25) is 5.91 Å². The van der Waals surface area contributed by atoms with Crippen molar-refractivity contribution in [1.29, 1.82) is 0 Å². The van der Waals surface area contributed by atoms with E-state index in [9.17, 15) is 4.79 Å². The number of hydrazine groups is 1. The van der Waals surface area contributed by atoms with Crippen LogP contribution in [-0.4, -0.2) is 35.7 Å². The van der Waals surface area contributed by atoms with Crippen molar-refractivity contribution < 1.29 is 9.90 Å². The van der Waals surface area contributed by atoms with E-state index in [0.29, 0.717) is 5.92 Å². The van der Waals surface area contributed by atoms with Crippen LogP contribution in [-0.2, 0) is 4.79 Å². The minimum atomic E-state index is -0.0163. The standard InChI is InChI=1S/C8H16N2O2/c1-7(12)9-10-4-2-8(6-11)3-5-10/h8,11H,2-6H2,1H3,(H,9,12). The highest BCUT2D eigenvalue weighted by Crippen LogP contribution is 2.14. The number of carbonyl (C=O) groups excluding carboxylic acids is 1. The van der Waals surface area contributed by atoms with Gasteiger partial charge in [-0.25, -0.2) is 5.01 Å². The van der Waals surface area contributed by atoms with Crippen LogP contribution in [0.5, 0.6) is 0 Å². The van der Waals surface area contributed by atoms with Gasteiger partial charge in [-0.3, -0.25) is 10.2 Å². The SMILES string of the molecule is CC(=O)NN1CCC(CO)CC1. The zero-order valence-electron chi connectivity index (χ0n) is 7.42. The molecule has 0 bridgehead atoms. The summed E-state index contributed by atoms with van der Waals surface area (Å²) in [5.74, 6) is 0.410. The van der Waals surface area contributed by atoms with Crippen LogP contribution in [0.2, 0.25) is 0 Å². The molecule has 0 aliphatic carbocycles. The van der Waals surface area contributed by atoms with Gasteiger partial charge < -0.3 is 5.11 Å². The lowest BCUT2D eigenvalue weighted by Gasteiger charge is -2.30. The van der Waals surface area contributed by atoms with Gasteiger partial charge in [0.25, 0.3) is 0 Å². The molecule has 0 aromatic rings. The zero-order valence-corrected chi connectivity index (χ0v) is 7.42. The predicted molar refractivity (Wildman–Crippen MR) is 45.2 cm³/mol. The maximum Gasteiger partial charge on any atom is 0.231 e. The van der Waals surface area contributed by atoms with E-state index >= 15 is 0 Å². The van der Waals surface area contributed by atoms with Gasteiger partial charge in [0.1, 0.15) is 0 Å². The third-order valence-corrected chi connectivity index (χ3v) is 2.19. The molecule has 12 heavy (non-hydrogen) atoms. The first kappa shape index (κ1) is 9.48. The molecule has 1 saturated heterocycles. The van der Waals surface area contributed by atoms with Crippen molar-refractivity contribution in [2.75, 3.05) is 19.7 Å². The van der Waals surface area contributed by atoms with Crippen LogP contribution in [0.25, 0.3) is 0 Å². The molecule has 0 aromatic carbocycles. The van der Waals surface area contributed by atoms with Crippen LogP contribution >= 0.6 is 0 Å². The number of hydrogen-bond acceptors (Lipinski definition) is 3. The van der Waals surface area contributed by atoms with Gasteiger partial charge in [0, 0.05) is 26.6 Å². The molecular weight excluding hydrogens is 156 g/mol. The van der Waals surface area contributed by atoms with Crippen molar-refractivity contribution in [3.05, 3.63) is 0 Å². The fraction of sp³-hybridized carbons (Fsp3) is 0.875. The summed E-state index contributed by atoms with van der Waals surface area (Å²) < 4.78 is 0. The van der Waals surface area contributed by atoms with E-state index in [0.717, 1.165) is 25.9 Å². The van der Waals surface area contributed by atoms with Crippen LogP contribution in [0, 0.1) is 5.92 Å². The Labute approximate surface area is 72.5 Å². The first-order valence-corrected chi connectivity index (χ1v) is 4.35. The summed E-state index contributed by atoms with van der Waals surface area (Å²) in [5, 5.41) is 10.8. The van der Waals surface area contributed by atoms with Crippen LogP contribution in [0.4, 0.5) is 0 Å². The van der Waals surface area contributed by atoms with E-state index in [-0.39, 0.29) is 12.5 Å². The maximum atomic E-state index is 10.7. The lowest BCUT2D eigenvalue weighted by Crippen LogP contribution is -2.46. The van der Waals surface area contributed by atoms with Crippen molar-refractivity contribution in [2.24, 2.45) is 5.92 Å². The Morgan fingerprint density at radius 1 is 1.58 bits per heavy atom. The van der Waals surface area contributed by atoms with E-state index < -0.39 is 0 Å². The smallest absolute Gasteiger partial charge is 0.231 e. The molecule has 1 rings (SSSR count). The Morgan fingerprint density at radius 2 is 2.17 bits per heavy atom. The summed E-state index contributed by atoms with van der Waals surface area (Å²) in [4.78, 5) is 10.7. The normalized spacial score (nSPS) is 20.8. The Balaban J connectivity index is 2.21. The van der Waals surface area contributed by atoms with Crippen molar-refractivity contribution in [3.8, 4) is 0 Å². The second-order valence-corrected chi connectivity index (χ2v) is 3.28. The third kappa shape index (κ3) is 2.79. The lowest BCUT2D eigenvalue weighted by atomic mass is 9.99. The van der Waals surface area contributed by atoms with Crippen molar-refractivity contribution in [3.63, 3.8) is 0 Å². The largest absolute Gasteiger partial charge is 0.396 e. The van der Waals surface area contributed by atoms with E-state index in [4.69, 9.17) is 5.11 Å². The second-order valence-electron chi connectivity index (χ2n) is 3.28. The molecule has 2 N–H and O–H groups in total. The molecule has 1 aliphatic rings. The number of rotatable bonds is 2. The number of aliphatic hydroxyl groups is 1. The van der Waals surface area contributed by atoms with Crippen molar-refractivity contribution >= 4 is 5.91 Å². The summed E-state index contributed by atoms with van der Waals surface area (Å²) in [7, 11) is 0. The first-order valence-electron chi connectivity index (χ1n) is 4.35. The Hall–Kier alpha value is -0.610. The Morgan fingerprint density at radius 3 is 2.58 bits per heavy atom. The zero-order chi connectivity index (χ0) is 8.97. The molecular formula is C8H16N2O2. The van der Waals surface area contributed by atoms with Crippen LogP contribution < -0.4 is 5.43 Å². The minimum Gasteiger partial charge on any atom is -0.396 e. The highest BCUT2D eigenvalue weighted by molar-refractivity contribution is 5.72. The van der Waals surface area contributed by atoms with Gasteiger partial charge in [0.15, 0.2) is 0 Å². The fourth-order valence-electron chi connectivity index (χ4n) is 1.45.